The van der Waals surface area contributed by atoms with E-state index in [1.807, 2.05) is 6.92 Å². The summed E-state index contributed by atoms with van der Waals surface area (Å²) in [6.07, 6.45) is 0. The molecule has 0 aliphatic heterocycles. The number of carbonyl (C=O) groups is 1. The Labute approximate surface area is 98.5 Å². The minimum atomic E-state index is -0.225. The molecule has 0 fully saturated rings. The molecular formula is C10H12Cl2N2O. The Balaban J connectivity index is 2.82. The number of benzene rings is 1. The zero-order chi connectivity index (χ0) is 11.4. The van der Waals surface area contributed by atoms with Crippen LogP contribution in [0.3, 0.4) is 0 Å². The standard InChI is InChI=1S/C10H12Cl2N2O/c1-6(5-13)14-10(15)7-2-8(11)4-9(12)3-7/h2-4,6H,5,13H2,1H3,(H,14,15)/t6-/m0/s1. The molecule has 0 unspecified atom stereocenters. The second-order valence-corrected chi connectivity index (χ2v) is 4.14. The average molecular weight is 247 g/mol. The Kier molecular flexibility index (Phi) is 4.39. The van der Waals surface area contributed by atoms with Crippen LogP contribution in [0.4, 0.5) is 0 Å². The zero-order valence-corrected chi connectivity index (χ0v) is 9.77. The largest absolute Gasteiger partial charge is 0.348 e. The fraction of sp³-hybridized carbons (Fsp3) is 0.300. The summed E-state index contributed by atoms with van der Waals surface area (Å²) in [6.45, 7) is 2.21. The van der Waals surface area contributed by atoms with E-state index in [-0.39, 0.29) is 11.9 Å². The summed E-state index contributed by atoms with van der Waals surface area (Å²) in [4.78, 5) is 11.6. The van der Waals surface area contributed by atoms with Crippen LogP contribution in [-0.4, -0.2) is 18.5 Å². The fourth-order valence-corrected chi connectivity index (χ4v) is 1.58. The molecule has 1 amide bonds. The van der Waals surface area contributed by atoms with Gasteiger partial charge < -0.3 is 11.1 Å². The quantitative estimate of drug-likeness (QED) is 0.859. The highest BCUT2D eigenvalue weighted by molar-refractivity contribution is 6.35. The minimum Gasteiger partial charge on any atom is -0.348 e. The van der Waals surface area contributed by atoms with Gasteiger partial charge in [0.2, 0.25) is 0 Å². The van der Waals surface area contributed by atoms with E-state index in [2.05, 4.69) is 5.32 Å². The van der Waals surface area contributed by atoms with Gasteiger partial charge in [0.25, 0.3) is 5.91 Å². The lowest BCUT2D eigenvalue weighted by atomic mass is 10.2. The van der Waals surface area contributed by atoms with Crippen LogP contribution in [-0.2, 0) is 0 Å². The molecular weight excluding hydrogens is 235 g/mol. The lowest BCUT2D eigenvalue weighted by Gasteiger charge is -2.11. The molecule has 0 spiro atoms. The number of hydrogen-bond acceptors (Lipinski definition) is 2. The second kappa shape index (κ2) is 5.35. The molecule has 0 saturated heterocycles. The van der Waals surface area contributed by atoms with E-state index in [1.54, 1.807) is 18.2 Å². The van der Waals surface area contributed by atoms with Crippen LogP contribution in [0.15, 0.2) is 18.2 Å². The maximum Gasteiger partial charge on any atom is 0.251 e. The lowest BCUT2D eigenvalue weighted by molar-refractivity contribution is 0.0941. The summed E-state index contributed by atoms with van der Waals surface area (Å²) in [6, 6.07) is 4.62. The van der Waals surface area contributed by atoms with Crippen molar-refractivity contribution < 1.29 is 4.79 Å². The number of carbonyl (C=O) groups excluding carboxylic acids is 1. The predicted octanol–water partition coefficient (Wildman–Crippen LogP) is 2.07. The van der Waals surface area contributed by atoms with Crippen molar-refractivity contribution in [3.8, 4) is 0 Å². The summed E-state index contributed by atoms with van der Waals surface area (Å²) in [5.41, 5.74) is 5.83. The van der Waals surface area contributed by atoms with E-state index in [9.17, 15) is 4.79 Å². The monoisotopic (exact) mass is 246 g/mol. The van der Waals surface area contributed by atoms with Crippen molar-refractivity contribution in [2.75, 3.05) is 6.54 Å². The third-order valence-electron chi connectivity index (χ3n) is 1.86. The van der Waals surface area contributed by atoms with Gasteiger partial charge in [-0.15, -0.1) is 0 Å². The number of rotatable bonds is 3. The Morgan fingerprint density at radius 2 is 1.93 bits per heavy atom. The van der Waals surface area contributed by atoms with Crippen LogP contribution in [0, 0.1) is 0 Å². The van der Waals surface area contributed by atoms with Gasteiger partial charge in [-0.05, 0) is 25.1 Å². The lowest BCUT2D eigenvalue weighted by Crippen LogP contribution is -2.37. The van der Waals surface area contributed by atoms with Gasteiger partial charge >= 0.3 is 0 Å². The molecule has 0 saturated carbocycles. The highest BCUT2D eigenvalue weighted by atomic mass is 35.5. The van der Waals surface area contributed by atoms with Crippen LogP contribution < -0.4 is 11.1 Å². The van der Waals surface area contributed by atoms with Crippen molar-refractivity contribution >= 4 is 29.1 Å². The van der Waals surface area contributed by atoms with Crippen molar-refractivity contribution in [3.63, 3.8) is 0 Å². The molecule has 15 heavy (non-hydrogen) atoms. The Bertz CT molecular complexity index is 348. The first-order chi connectivity index (χ1) is 7.02. The van der Waals surface area contributed by atoms with Crippen LogP contribution >= 0.6 is 23.2 Å². The molecule has 0 aliphatic carbocycles. The van der Waals surface area contributed by atoms with Gasteiger partial charge in [0.15, 0.2) is 0 Å². The first kappa shape index (κ1) is 12.3. The van der Waals surface area contributed by atoms with Gasteiger partial charge in [-0.2, -0.15) is 0 Å². The van der Waals surface area contributed by atoms with Crippen LogP contribution in [0.2, 0.25) is 10.0 Å². The van der Waals surface area contributed by atoms with E-state index in [4.69, 9.17) is 28.9 Å². The molecule has 3 N–H and O–H groups in total. The van der Waals surface area contributed by atoms with E-state index in [0.717, 1.165) is 0 Å². The fourth-order valence-electron chi connectivity index (χ4n) is 1.05. The summed E-state index contributed by atoms with van der Waals surface area (Å²) in [7, 11) is 0. The molecule has 0 radical (unpaired) electrons. The predicted molar refractivity (Wildman–Crippen MR) is 62.4 cm³/mol. The zero-order valence-electron chi connectivity index (χ0n) is 8.26. The Morgan fingerprint density at radius 1 is 1.40 bits per heavy atom. The van der Waals surface area contributed by atoms with Crippen molar-refractivity contribution in [1.29, 1.82) is 0 Å². The smallest absolute Gasteiger partial charge is 0.251 e. The van der Waals surface area contributed by atoms with Crippen molar-refractivity contribution in [3.05, 3.63) is 33.8 Å². The maximum absolute atomic E-state index is 11.6. The van der Waals surface area contributed by atoms with Crippen molar-refractivity contribution in [2.45, 2.75) is 13.0 Å². The number of nitrogens with one attached hydrogen (secondary N) is 1. The summed E-state index contributed by atoms with van der Waals surface area (Å²) >= 11 is 11.6. The van der Waals surface area contributed by atoms with Crippen LogP contribution in [0.1, 0.15) is 17.3 Å². The first-order valence-electron chi connectivity index (χ1n) is 4.50. The molecule has 1 atom stereocenters. The first-order valence-corrected chi connectivity index (χ1v) is 5.25. The topological polar surface area (TPSA) is 55.1 Å². The molecule has 5 heteroatoms. The highest BCUT2D eigenvalue weighted by Crippen LogP contribution is 2.18. The minimum absolute atomic E-state index is 0.0738. The van der Waals surface area contributed by atoms with Gasteiger partial charge in [-0.3, -0.25) is 4.79 Å². The molecule has 1 aromatic carbocycles. The van der Waals surface area contributed by atoms with Gasteiger partial charge in [-0.1, -0.05) is 23.2 Å². The molecule has 0 aromatic heterocycles. The van der Waals surface area contributed by atoms with Crippen LogP contribution in [0.25, 0.3) is 0 Å². The molecule has 0 heterocycles. The van der Waals surface area contributed by atoms with E-state index in [0.29, 0.717) is 22.2 Å². The normalized spacial score (nSPS) is 12.3. The summed E-state index contributed by atoms with van der Waals surface area (Å²) in [5.74, 6) is -0.225. The maximum atomic E-state index is 11.6. The molecule has 82 valence electrons. The molecule has 3 nitrogen and oxygen atoms in total. The number of nitrogens with two attached hydrogens (primary N) is 1. The Hall–Kier alpha value is -0.770. The van der Waals surface area contributed by atoms with Gasteiger partial charge in [0.1, 0.15) is 0 Å². The van der Waals surface area contributed by atoms with E-state index < -0.39 is 0 Å². The second-order valence-electron chi connectivity index (χ2n) is 3.27. The van der Waals surface area contributed by atoms with Crippen molar-refractivity contribution in [2.24, 2.45) is 5.73 Å². The number of amides is 1. The highest BCUT2D eigenvalue weighted by Gasteiger charge is 2.09. The van der Waals surface area contributed by atoms with Gasteiger partial charge in [-0.25, -0.2) is 0 Å². The Morgan fingerprint density at radius 3 is 2.40 bits per heavy atom. The SMILES string of the molecule is C[C@@H](CN)NC(=O)c1cc(Cl)cc(Cl)c1. The van der Waals surface area contributed by atoms with E-state index in [1.165, 1.54) is 0 Å². The van der Waals surface area contributed by atoms with Gasteiger partial charge in [0, 0.05) is 28.2 Å². The summed E-state index contributed by atoms with van der Waals surface area (Å²) < 4.78 is 0. The number of hydrogen-bond donors (Lipinski definition) is 2. The molecule has 0 bridgehead atoms. The van der Waals surface area contributed by atoms with Crippen molar-refractivity contribution in [1.82, 2.24) is 5.32 Å². The third-order valence-corrected chi connectivity index (χ3v) is 2.29. The molecule has 1 rings (SSSR count). The van der Waals surface area contributed by atoms with E-state index >= 15 is 0 Å². The van der Waals surface area contributed by atoms with Gasteiger partial charge in [0.05, 0.1) is 0 Å². The molecule has 0 aliphatic rings. The number of halogens is 2. The average Bonchev–Trinajstić information content (AvgIpc) is 2.16. The summed E-state index contributed by atoms with van der Waals surface area (Å²) in [5, 5.41) is 3.60. The van der Waals surface area contributed by atoms with Crippen LogP contribution in [0.5, 0.6) is 0 Å². The molecule has 1 aromatic rings. The third kappa shape index (κ3) is 3.70.